The summed E-state index contributed by atoms with van der Waals surface area (Å²) in [7, 11) is 0. The lowest BCUT2D eigenvalue weighted by molar-refractivity contribution is 0.340. The zero-order valence-corrected chi connectivity index (χ0v) is 14.8. The summed E-state index contributed by atoms with van der Waals surface area (Å²) in [5, 5.41) is 3.58. The molecule has 0 spiro atoms. The Labute approximate surface area is 155 Å². The topological polar surface area (TPSA) is 79.9 Å². The Morgan fingerprint density at radius 3 is 2.56 bits per heavy atom. The monoisotopic (exact) mass is 358 g/mol. The highest BCUT2D eigenvalue weighted by atomic mass is 16.5. The van der Waals surface area contributed by atoms with Crippen molar-refractivity contribution in [3.63, 3.8) is 0 Å². The van der Waals surface area contributed by atoms with Crippen molar-refractivity contribution in [1.82, 2.24) is 15.0 Å². The van der Waals surface area contributed by atoms with Gasteiger partial charge in [-0.3, -0.25) is 9.78 Å². The molecule has 4 rings (SSSR count). The van der Waals surface area contributed by atoms with Crippen molar-refractivity contribution >= 4 is 22.7 Å². The molecule has 0 unspecified atom stereocenters. The molecule has 6 heteroatoms. The number of aromatic nitrogens is 3. The van der Waals surface area contributed by atoms with E-state index in [0.717, 1.165) is 22.6 Å². The van der Waals surface area contributed by atoms with E-state index >= 15 is 0 Å². The highest BCUT2D eigenvalue weighted by Crippen LogP contribution is 2.25. The first kappa shape index (κ1) is 16.8. The zero-order chi connectivity index (χ0) is 18.6. The lowest BCUT2D eigenvalue weighted by Crippen LogP contribution is -2.13. The summed E-state index contributed by atoms with van der Waals surface area (Å²) >= 11 is 0. The molecule has 2 aromatic carbocycles. The van der Waals surface area contributed by atoms with Gasteiger partial charge in [0, 0.05) is 11.9 Å². The molecule has 0 atom stereocenters. The molecule has 6 nitrogen and oxygen atoms in total. The van der Waals surface area contributed by atoms with Crippen molar-refractivity contribution in [2.45, 2.75) is 6.92 Å². The van der Waals surface area contributed by atoms with E-state index in [9.17, 15) is 4.79 Å². The van der Waals surface area contributed by atoms with Crippen LogP contribution in [-0.4, -0.2) is 21.6 Å². The molecule has 0 aliphatic rings. The van der Waals surface area contributed by atoms with Crippen LogP contribution in [0.15, 0.2) is 71.7 Å². The number of hydrogen-bond donors (Lipinski definition) is 2. The lowest BCUT2D eigenvalue weighted by atomic mass is 10.0. The van der Waals surface area contributed by atoms with Crippen molar-refractivity contribution in [3.05, 3.63) is 77.2 Å². The van der Waals surface area contributed by atoms with Crippen molar-refractivity contribution in [2.24, 2.45) is 0 Å². The fraction of sp³-hybridized carbons (Fsp3) is 0.0952. The first-order valence-corrected chi connectivity index (χ1v) is 8.69. The molecule has 0 aliphatic carbocycles. The number of rotatable bonds is 5. The fourth-order valence-electron chi connectivity index (χ4n) is 2.92. The molecule has 2 aromatic heterocycles. The van der Waals surface area contributed by atoms with Crippen LogP contribution in [0.4, 0.5) is 11.6 Å². The van der Waals surface area contributed by atoms with Gasteiger partial charge in [0.15, 0.2) is 5.65 Å². The van der Waals surface area contributed by atoms with Crippen LogP contribution < -0.4 is 15.6 Å². The minimum atomic E-state index is -0.236. The molecule has 27 heavy (non-hydrogen) atoms. The van der Waals surface area contributed by atoms with E-state index in [0.29, 0.717) is 23.6 Å². The van der Waals surface area contributed by atoms with Gasteiger partial charge < -0.3 is 10.1 Å². The minimum Gasteiger partial charge on any atom is -0.494 e. The van der Waals surface area contributed by atoms with Gasteiger partial charge in [0.05, 0.1) is 12.0 Å². The largest absolute Gasteiger partial charge is 0.494 e. The third-order valence-corrected chi connectivity index (χ3v) is 4.12. The quantitative estimate of drug-likeness (QED) is 0.561. The second-order valence-electron chi connectivity index (χ2n) is 5.92. The van der Waals surface area contributed by atoms with Gasteiger partial charge >= 0.3 is 0 Å². The van der Waals surface area contributed by atoms with Gasteiger partial charge in [-0.25, -0.2) is 4.98 Å². The number of aromatic amines is 1. The summed E-state index contributed by atoms with van der Waals surface area (Å²) in [6, 6.07) is 19.0. The summed E-state index contributed by atoms with van der Waals surface area (Å²) in [6.07, 6.45) is 1.66. The molecule has 0 amide bonds. The second kappa shape index (κ2) is 7.29. The number of benzene rings is 2. The maximum Gasteiger partial charge on any atom is 0.262 e. The predicted molar refractivity (Wildman–Crippen MR) is 106 cm³/mol. The number of H-pyrrole nitrogens is 1. The number of nitrogens with one attached hydrogen (secondary N) is 2. The van der Waals surface area contributed by atoms with Gasteiger partial charge in [-0.15, -0.1) is 0 Å². The Morgan fingerprint density at radius 1 is 1.04 bits per heavy atom. The highest BCUT2D eigenvalue weighted by Gasteiger charge is 2.11. The van der Waals surface area contributed by atoms with Gasteiger partial charge in [0.2, 0.25) is 5.95 Å². The Kier molecular flexibility index (Phi) is 4.53. The van der Waals surface area contributed by atoms with E-state index in [1.807, 2.05) is 67.6 Å². The number of anilines is 2. The van der Waals surface area contributed by atoms with Gasteiger partial charge in [-0.2, -0.15) is 4.98 Å². The van der Waals surface area contributed by atoms with Crippen LogP contribution in [0.1, 0.15) is 6.92 Å². The van der Waals surface area contributed by atoms with Crippen molar-refractivity contribution in [2.75, 3.05) is 11.9 Å². The molecular formula is C21H18N4O2. The van der Waals surface area contributed by atoms with E-state index in [1.54, 1.807) is 6.20 Å². The van der Waals surface area contributed by atoms with E-state index in [2.05, 4.69) is 20.3 Å². The van der Waals surface area contributed by atoms with Crippen molar-refractivity contribution in [3.8, 4) is 16.9 Å². The Balaban J connectivity index is 1.71. The number of hydrogen-bond acceptors (Lipinski definition) is 5. The Hall–Kier alpha value is -3.67. The average molecular weight is 358 g/mol. The fourth-order valence-corrected chi connectivity index (χ4v) is 2.92. The van der Waals surface area contributed by atoms with Crippen LogP contribution >= 0.6 is 0 Å². The maximum atomic E-state index is 12.7. The maximum absolute atomic E-state index is 12.7. The highest BCUT2D eigenvalue weighted by molar-refractivity contribution is 5.92. The number of nitrogens with zero attached hydrogens (tertiary/aromatic N) is 2. The summed E-state index contributed by atoms with van der Waals surface area (Å²) < 4.78 is 5.43. The first-order chi connectivity index (χ1) is 13.2. The number of pyridine rings is 1. The summed E-state index contributed by atoms with van der Waals surface area (Å²) in [6.45, 7) is 2.55. The van der Waals surface area contributed by atoms with E-state index in [1.165, 1.54) is 0 Å². The summed E-state index contributed by atoms with van der Waals surface area (Å²) in [5.74, 6) is 1.13. The molecule has 2 heterocycles. The van der Waals surface area contributed by atoms with Crippen LogP contribution in [0, 0.1) is 0 Å². The summed E-state index contributed by atoms with van der Waals surface area (Å²) in [4.78, 5) is 24.3. The molecule has 134 valence electrons. The molecule has 4 aromatic rings. The third-order valence-electron chi connectivity index (χ3n) is 4.12. The first-order valence-electron chi connectivity index (χ1n) is 8.69. The van der Waals surface area contributed by atoms with Crippen LogP contribution in [0.3, 0.4) is 0 Å². The standard InChI is InChI=1S/C21H18N4O2/c1-2-27-16-10-8-15(9-11-16)23-21-24-19-18(20(26)25-21)17(12-13-22-19)14-6-4-3-5-7-14/h3-13H,2H2,1H3,(H2,22,23,24,25,26). The summed E-state index contributed by atoms with van der Waals surface area (Å²) in [5.41, 5.74) is 2.71. The van der Waals surface area contributed by atoms with Gasteiger partial charge in [0.25, 0.3) is 5.56 Å². The van der Waals surface area contributed by atoms with Gasteiger partial charge in [0.1, 0.15) is 5.75 Å². The minimum absolute atomic E-state index is 0.236. The molecule has 2 N–H and O–H groups in total. The number of fused-ring (bicyclic) bond motifs is 1. The van der Waals surface area contributed by atoms with Crippen LogP contribution in [-0.2, 0) is 0 Å². The molecular weight excluding hydrogens is 340 g/mol. The van der Waals surface area contributed by atoms with E-state index in [-0.39, 0.29) is 5.56 Å². The molecule has 0 saturated heterocycles. The molecule has 0 saturated carbocycles. The SMILES string of the molecule is CCOc1ccc(Nc2nc3nccc(-c4ccccc4)c3c(=O)[nH]2)cc1. The molecule has 0 aliphatic heterocycles. The van der Waals surface area contributed by atoms with Crippen molar-refractivity contribution in [1.29, 1.82) is 0 Å². The third kappa shape index (κ3) is 3.50. The van der Waals surface area contributed by atoms with Crippen LogP contribution in [0.2, 0.25) is 0 Å². The second-order valence-corrected chi connectivity index (χ2v) is 5.92. The van der Waals surface area contributed by atoms with E-state index in [4.69, 9.17) is 4.74 Å². The van der Waals surface area contributed by atoms with E-state index < -0.39 is 0 Å². The predicted octanol–water partition coefficient (Wildman–Crippen LogP) is 4.13. The number of ether oxygens (including phenoxy) is 1. The molecule has 0 bridgehead atoms. The van der Waals surface area contributed by atoms with Crippen molar-refractivity contribution < 1.29 is 4.74 Å². The zero-order valence-electron chi connectivity index (χ0n) is 14.8. The van der Waals surface area contributed by atoms with Gasteiger partial charge in [-0.05, 0) is 48.4 Å². The average Bonchev–Trinajstić information content (AvgIpc) is 2.70. The Morgan fingerprint density at radius 2 is 1.81 bits per heavy atom. The van der Waals surface area contributed by atoms with Gasteiger partial charge in [-0.1, -0.05) is 30.3 Å². The lowest BCUT2D eigenvalue weighted by Gasteiger charge is -2.09. The van der Waals surface area contributed by atoms with Crippen LogP contribution in [0.25, 0.3) is 22.2 Å². The normalized spacial score (nSPS) is 10.7. The molecule has 0 fully saturated rings. The smallest absolute Gasteiger partial charge is 0.262 e. The molecule has 0 radical (unpaired) electrons. The Bertz CT molecular complexity index is 1120. The van der Waals surface area contributed by atoms with Crippen LogP contribution in [0.5, 0.6) is 5.75 Å².